The van der Waals surface area contributed by atoms with Crippen molar-refractivity contribution in [1.29, 1.82) is 5.26 Å². The maximum atomic E-state index is 12.8. The van der Waals surface area contributed by atoms with Gasteiger partial charge < -0.3 is 9.88 Å². The number of nitrogens with one attached hydrogen (secondary N) is 1. The summed E-state index contributed by atoms with van der Waals surface area (Å²) in [6.45, 7) is 0.470. The molecule has 1 amide bonds. The molecule has 0 unspecified atom stereocenters. The van der Waals surface area contributed by atoms with Gasteiger partial charge in [-0.15, -0.1) is 0 Å². The first-order valence-electron chi connectivity index (χ1n) is 9.11. The van der Waals surface area contributed by atoms with E-state index in [2.05, 4.69) is 11.1 Å². The van der Waals surface area contributed by atoms with Gasteiger partial charge in [0.2, 0.25) is 0 Å². The average molecular weight is 338 g/mol. The number of hydrogen-bond donors (Lipinski definition) is 1. The van der Waals surface area contributed by atoms with Crippen LogP contribution in [0.1, 0.15) is 61.3 Å². The van der Waals surface area contributed by atoms with Crippen LogP contribution in [-0.2, 0) is 0 Å². The Kier molecular flexibility index (Phi) is 4.08. The smallest absolute Gasteiger partial charge is 0.326 e. The maximum Gasteiger partial charge on any atom is 0.326 e. The highest BCUT2D eigenvalue weighted by molar-refractivity contribution is 5.97. The zero-order chi connectivity index (χ0) is 17.4. The Labute approximate surface area is 146 Å². The van der Waals surface area contributed by atoms with Crippen LogP contribution in [0.5, 0.6) is 0 Å². The Hall–Kier alpha value is -2.55. The van der Waals surface area contributed by atoms with E-state index >= 15 is 0 Å². The molecule has 25 heavy (non-hydrogen) atoms. The molecule has 2 aromatic rings. The number of carbonyl (C=O) groups excluding carboxylic acids is 1. The van der Waals surface area contributed by atoms with Crippen LogP contribution in [0.15, 0.2) is 23.0 Å². The number of aromatic amines is 1. The molecule has 1 N–H and O–H groups in total. The molecule has 2 saturated carbocycles. The number of aromatic nitrogens is 2. The second kappa shape index (κ2) is 6.40. The first kappa shape index (κ1) is 15.9. The van der Waals surface area contributed by atoms with Gasteiger partial charge in [0.1, 0.15) is 0 Å². The van der Waals surface area contributed by atoms with E-state index in [0.29, 0.717) is 18.5 Å². The highest BCUT2D eigenvalue weighted by Gasteiger charge is 2.33. The van der Waals surface area contributed by atoms with Gasteiger partial charge in [0, 0.05) is 24.2 Å². The molecule has 130 valence electrons. The fraction of sp³-hybridized carbons (Fsp3) is 0.526. The zero-order valence-corrected chi connectivity index (χ0v) is 14.2. The number of H-pyrrole nitrogens is 1. The minimum absolute atomic E-state index is 0.0471. The summed E-state index contributed by atoms with van der Waals surface area (Å²) < 4.78 is 1.85. The summed E-state index contributed by atoms with van der Waals surface area (Å²) in [6.07, 6.45) is 6.77. The summed E-state index contributed by atoms with van der Waals surface area (Å²) in [7, 11) is 0. The number of imidazole rings is 1. The molecule has 2 fully saturated rings. The van der Waals surface area contributed by atoms with Crippen LogP contribution in [0.25, 0.3) is 11.0 Å². The van der Waals surface area contributed by atoms with Crippen LogP contribution in [0.4, 0.5) is 0 Å². The van der Waals surface area contributed by atoms with E-state index in [1.165, 1.54) is 0 Å². The maximum absolute atomic E-state index is 12.8. The van der Waals surface area contributed by atoms with Gasteiger partial charge >= 0.3 is 5.69 Å². The van der Waals surface area contributed by atoms with Crippen molar-refractivity contribution < 1.29 is 4.79 Å². The Morgan fingerprint density at radius 3 is 2.72 bits per heavy atom. The van der Waals surface area contributed by atoms with Crippen molar-refractivity contribution in [3.8, 4) is 6.07 Å². The fourth-order valence-electron chi connectivity index (χ4n) is 3.96. The normalized spacial score (nSPS) is 17.7. The third-order valence-corrected chi connectivity index (χ3v) is 5.37. The van der Waals surface area contributed by atoms with Crippen LogP contribution < -0.4 is 5.69 Å². The lowest BCUT2D eigenvalue weighted by Gasteiger charge is -2.21. The molecular weight excluding hydrogens is 316 g/mol. The van der Waals surface area contributed by atoms with Gasteiger partial charge in [-0.25, -0.2) is 4.79 Å². The number of carbonyl (C=O) groups is 1. The Bertz CT molecular complexity index is 894. The van der Waals surface area contributed by atoms with E-state index in [4.69, 9.17) is 5.26 Å². The zero-order valence-electron chi connectivity index (χ0n) is 14.2. The van der Waals surface area contributed by atoms with Crippen LogP contribution >= 0.6 is 0 Å². The molecule has 6 heteroatoms. The van der Waals surface area contributed by atoms with Gasteiger partial charge in [-0.3, -0.25) is 9.36 Å². The topological polar surface area (TPSA) is 81.9 Å². The summed E-state index contributed by atoms with van der Waals surface area (Å²) >= 11 is 0. The van der Waals surface area contributed by atoms with Crippen LogP contribution in [0.3, 0.4) is 0 Å². The predicted molar refractivity (Wildman–Crippen MR) is 94.4 cm³/mol. The first-order valence-corrected chi connectivity index (χ1v) is 9.11. The molecule has 1 aromatic heterocycles. The van der Waals surface area contributed by atoms with Crippen molar-refractivity contribution in [1.82, 2.24) is 14.5 Å². The number of amides is 1. The molecule has 0 bridgehead atoms. The van der Waals surface area contributed by atoms with E-state index < -0.39 is 0 Å². The summed E-state index contributed by atoms with van der Waals surface area (Å²) in [5, 5.41) is 8.82. The van der Waals surface area contributed by atoms with E-state index in [9.17, 15) is 9.59 Å². The molecule has 2 aliphatic rings. The first-order chi connectivity index (χ1) is 12.2. The Morgan fingerprint density at radius 1 is 1.28 bits per heavy atom. The van der Waals surface area contributed by atoms with Crippen molar-refractivity contribution in [2.24, 2.45) is 0 Å². The molecule has 6 nitrogen and oxygen atoms in total. The van der Waals surface area contributed by atoms with Gasteiger partial charge in [-0.2, -0.15) is 5.26 Å². The summed E-state index contributed by atoms with van der Waals surface area (Å²) in [5.41, 5.74) is 2.09. The van der Waals surface area contributed by atoms with Gasteiger partial charge in [0.15, 0.2) is 0 Å². The van der Waals surface area contributed by atoms with Crippen LogP contribution in [0, 0.1) is 11.3 Å². The van der Waals surface area contributed by atoms with Gasteiger partial charge in [0.05, 0.1) is 23.5 Å². The average Bonchev–Trinajstić information content (AvgIpc) is 3.19. The van der Waals surface area contributed by atoms with Crippen molar-refractivity contribution >= 4 is 16.9 Å². The van der Waals surface area contributed by atoms with Gasteiger partial charge in [-0.1, -0.05) is 12.8 Å². The van der Waals surface area contributed by atoms with E-state index in [1.807, 2.05) is 16.7 Å². The highest BCUT2D eigenvalue weighted by atomic mass is 16.2. The largest absolute Gasteiger partial charge is 0.335 e. The highest BCUT2D eigenvalue weighted by Crippen LogP contribution is 2.32. The number of benzene rings is 1. The van der Waals surface area contributed by atoms with Crippen LogP contribution in [0.2, 0.25) is 0 Å². The van der Waals surface area contributed by atoms with Gasteiger partial charge in [0.25, 0.3) is 5.91 Å². The lowest BCUT2D eigenvalue weighted by molar-refractivity contribution is 0.0747. The third kappa shape index (κ3) is 2.95. The fourth-order valence-corrected chi connectivity index (χ4v) is 3.96. The quantitative estimate of drug-likeness (QED) is 0.910. The minimum Gasteiger partial charge on any atom is -0.335 e. The molecule has 0 aliphatic heterocycles. The molecule has 0 saturated heterocycles. The lowest BCUT2D eigenvalue weighted by atomic mass is 10.1. The number of hydrogen-bond acceptors (Lipinski definition) is 3. The molecule has 1 heterocycles. The molecule has 0 spiro atoms. The number of rotatable bonds is 5. The SMILES string of the molecule is N#CCCN(C(=O)c1ccc2c(c1)[nH]c(=O)n2C1CCCC1)C1CC1. The molecule has 2 aliphatic carbocycles. The molecule has 0 radical (unpaired) electrons. The lowest BCUT2D eigenvalue weighted by Crippen LogP contribution is -2.33. The van der Waals surface area contributed by atoms with Gasteiger partial charge in [-0.05, 0) is 43.9 Å². The van der Waals surface area contributed by atoms with Crippen molar-refractivity contribution in [2.75, 3.05) is 6.54 Å². The second-order valence-corrected chi connectivity index (χ2v) is 7.11. The van der Waals surface area contributed by atoms with Crippen LogP contribution in [-0.4, -0.2) is 32.9 Å². The summed E-state index contributed by atoms with van der Waals surface area (Å²) in [6, 6.07) is 8.12. The Balaban J connectivity index is 1.66. The number of nitriles is 1. The second-order valence-electron chi connectivity index (χ2n) is 7.11. The van der Waals surface area contributed by atoms with Crippen molar-refractivity contribution in [2.45, 2.75) is 57.0 Å². The molecule has 0 atom stereocenters. The molecular formula is C19H22N4O2. The minimum atomic E-state index is -0.0879. The van der Waals surface area contributed by atoms with E-state index in [-0.39, 0.29) is 23.7 Å². The summed E-state index contributed by atoms with van der Waals surface area (Å²) in [4.78, 5) is 29.9. The Morgan fingerprint density at radius 2 is 2.04 bits per heavy atom. The monoisotopic (exact) mass is 338 g/mol. The van der Waals surface area contributed by atoms with Crippen molar-refractivity contribution in [3.63, 3.8) is 0 Å². The van der Waals surface area contributed by atoms with Crippen molar-refractivity contribution in [3.05, 3.63) is 34.2 Å². The third-order valence-electron chi connectivity index (χ3n) is 5.37. The van der Waals surface area contributed by atoms with E-state index in [0.717, 1.165) is 49.6 Å². The molecule has 4 rings (SSSR count). The standard InChI is InChI=1S/C19H22N4O2/c20-10-3-11-22(14-7-8-14)18(24)13-6-9-17-16(12-13)21-19(25)23(17)15-4-1-2-5-15/h6,9,12,14-15H,1-5,7-8,11H2,(H,21,25). The number of nitrogens with zero attached hydrogens (tertiary/aromatic N) is 3. The van der Waals surface area contributed by atoms with E-state index in [1.54, 1.807) is 11.0 Å². The summed E-state index contributed by atoms with van der Waals surface area (Å²) in [5.74, 6) is -0.0471. The number of fused-ring (bicyclic) bond motifs is 1. The molecule has 1 aromatic carbocycles. The predicted octanol–water partition coefficient (Wildman–Crippen LogP) is 2.96.